The smallest absolute Gasteiger partial charge is 0.121 e. The maximum absolute atomic E-state index is 5.61. The first-order chi connectivity index (χ1) is 5.22. The Labute approximate surface area is 67.0 Å². The van der Waals surface area contributed by atoms with Gasteiger partial charge in [-0.05, 0) is 31.5 Å². The number of rotatable bonds is 2. The first-order valence-electron chi connectivity index (χ1n) is 3.72. The predicted octanol–water partition coefficient (Wildman–Crippen LogP) is 1.98. The molecule has 0 aliphatic carbocycles. The molecule has 0 heterocycles. The Morgan fingerprint density at radius 1 is 1.36 bits per heavy atom. The second-order valence-corrected chi connectivity index (χ2v) is 2.51. The van der Waals surface area contributed by atoms with E-state index in [4.69, 9.17) is 10.5 Å². The van der Waals surface area contributed by atoms with E-state index in [0.29, 0.717) is 6.61 Å². The van der Waals surface area contributed by atoms with Gasteiger partial charge in [-0.1, -0.05) is 0 Å². The van der Waals surface area contributed by atoms with Crippen LogP contribution in [0.3, 0.4) is 0 Å². The third kappa shape index (κ3) is 2.15. The Balaban J connectivity index is 2.89. The first kappa shape index (κ1) is 7.92. The monoisotopic (exact) mass is 151 g/mol. The van der Waals surface area contributed by atoms with Gasteiger partial charge in [0.1, 0.15) is 5.75 Å². The Kier molecular flexibility index (Phi) is 2.36. The molecular formula is C9H13NO. The molecule has 0 saturated carbocycles. The minimum atomic E-state index is 0.683. The van der Waals surface area contributed by atoms with Crippen molar-refractivity contribution in [1.29, 1.82) is 0 Å². The van der Waals surface area contributed by atoms with Crippen LogP contribution in [0.1, 0.15) is 12.5 Å². The zero-order chi connectivity index (χ0) is 8.27. The van der Waals surface area contributed by atoms with Gasteiger partial charge < -0.3 is 10.5 Å². The lowest BCUT2D eigenvalue weighted by Crippen LogP contribution is -1.93. The molecule has 0 radical (unpaired) electrons. The molecular weight excluding hydrogens is 138 g/mol. The number of hydrogen-bond acceptors (Lipinski definition) is 2. The molecule has 2 N–H and O–H groups in total. The van der Waals surface area contributed by atoms with Crippen molar-refractivity contribution in [3.05, 3.63) is 23.8 Å². The van der Waals surface area contributed by atoms with Crippen molar-refractivity contribution in [1.82, 2.24) is 0 Å². The highest BCUT2D eigenvalue weighted by molar-refractivity contribution is 5.47. The summed E-state index contributed by atoms with van der Waals surface area (Å²) in [5, 5.41) is 0. The Hall–Kier alpha value is -1.18. The van der Waals surface area contributed by atoms with Gasteiger partial charge in [0.2, 0.25) is 0 Å². The minimum Gasteiger partial charge on any atom is -0.494 e. The molecule has 11 heavy (non-hydrogen) atoms. The van der Waals surface area contributed by atoms with Crippen molar-refractivity contribution in [2.24, 2.45) is 0 Å². The lowest BCUT2D eigenvalue weighted by molar-refractivity contribution is 0.340. The van der Waals surface area contributed by atoms with Crippen molar-refractivity contribution < 1.29 is 4.74 Å². The van der Waals surface area contributed by atoms with Gasteiger partial charge in [-0.15, -0.1) is 0 Å². The molecule has 0 aliphatic rings. The van der Waals surface area contributed by atoms with Gasteiger partial charge in [0.05, 0.1) is 6.61 Å². The number of nitrogens with two attached hydrogens (primary N) is 1. The zero-order valence-corrected chi connectivity index (χ0v) is 6.92. The van der Waals surface area contributed by atoms with Crippen LogP contribution >= 0.6 is 0 Å². The quantitative estimate of drug-likeness (QED) is 0.656. The van der Waals surface area contributed by atoms with Crippen LogP contribution in [-0.2, 0) is 0 Å². The molecule has 2 nitrogen and oxygen atoms in total. The van der Waals surface area contributed by atoms with E-state index >= 15 is 0 Å². The van der Waals surface area contributed by atoms with Gasteiger partial charge in [-0.2, -0.15) is 0 Å². The van der Waals surface area contributed by atoms with E-state index in [1.807, 2.05) is 32.0 Å². The lowest BCUT2D eigenvalue weighted by atomic mass is 10.2. The van der Waals surface area contributed by atoms with Crippen molar-refractivity contribution in [3.63, 3.8) is 0 Å². The lowest BCUT2D eigenvalue weighted by Gasteiger charge is -2.04. The molecule has 2 heteroatoms. The minimum absolute atomic E-state index is 0.683. The number of ether oxygens (including phenoxy) is 1. The van der Waals surface area contributed by atoms with E-state index in [1.54, 1.807) is 0 Å². The highest BCUT2D eigenvalue weighted by Crippen LogP contribution is 2.17. The van der Waals surface area contributed by atoms with Gasteiger partial charge >= 0.3 is 0 Å². The van der Waals surface area contributed by atoms with E-state index in [-0.39, 0.29) is 0 Å². The van der Waals surface area contributed by atoms with Gasteiger partial charge in [0, 0.05) is 11.8 Å². The summed E-state index contributed by atoms with van der Waals surface area (Å²) in [5.41, 5.74) is 7.50. The van der Waals surface area contributed by atoms with Crippen molar-refractivity contribution in [3.8, 4) is 5.75 Å². The van der Waals surface area contributed by atoms with Crippen LogP contribution in [-0.4, -0.2) is 6.61 Å². The van der Waals surface area contributed by atoms with Gasteiger partial charge in [0.25, 0.3) is 0 Å². The molecule has 0 aliphatic heterocycles. The van der Waals surface area contributed by atoms with E-state index in [1.165, 1.54) is 0 Å². The largest absolute Gasteiger partial charge is 0.494 e. The van der Waals surface area contributed by atoms with Crippen molar-refractivity contribution >= 4 is 5.69 Å². The summed E-state index contributed by atoms with van der Waals surface area (Å²) in [6.07, 6.45) is 0. The van der Waals surface area contributed by atoms with Crippen LogP contribution in [0.25, 0.3) is 0 Å². The maximum Gasteiger partial charge on any atom is 0.121 e. The number of hydrogen-bond donors (Lipinski definition) is 1. The molecule has 1 rings (SSSR count). The van der Waals surface area contributed by atoms with E-state index < -0.39 is 0 Å². The molecule has 0 saturated heterocycles. The summed E-state index contributed by atoms with van der Waals surface area (Å²) in [7, 11) is 0. The summed E-state index contributed by atoms with van der Waals surface area (Å²) < 4.78 is 5.29. The third-order valence-electron chi connectivity index (χ3n) is 1.38. The van der Waals surface area contributed by atoms with Crippen LogP contribution in [0.4, 0.5) is 5.69 Å². The molecule has 0 spiro atoms. The standard InChI is InChI=1S/C9H13NO/c1-3-11-9-5-7(2)4-8(10)6-9/h4-6H,3,10H2,1-2H3. The fourth-order valence-electron chi connectivity index (χ4n) is 1.03. The van der Waals surface area contributed by atoms with Crippen LogP contribution in [0.2, 0.25) is 0 Å². The molecule has 0 unspecified atom stereocenters. The number of benzene rings is 1. The van der Waals surface area contributed by atoms with E-state index in [0.717, 1.165) is 17.0 Å². The summed E-state index contributed by atoms with van der Waals surface area (Å²) in [6.45, 7) is 4.64. The molecule has 0 bridgehead atoms. The van der Waals surface area contributed by atoms with Gasteiger partial charge in [0.15, 0.2) is 0 Å². The average molecular weight is 151 g/mol. The van der Waals surface area contributed by atoms with Crippen LogP contribution in [0.5, 0.6) is 5.75 Å². The Morgan fingerprint density at radius 2 is 2.09 bits per heavy atom. The van der Waals surface area contributed by atoms with Crippen molar-refractivity contribution in [2.75, 3.05) is 12.3 Å². The fraction of sp³-hybridized carbons (Fsp3) is 0.333. The normalized spacial score (nSPS) is 9.64. The molecule has 0 fully saturated rings. The van der Waals surface area contributed by atoms with Gasteiger partial charge in [-0.3, -0.25) is 0 Å². The second kappa shape index (κ2) is 3.28. The maximum atomic E-state index is 5.61. The molecule has 0 aromatic heterocycles. The molecule has 60 valence electrons. The molecule has 1 aromatic rings. The van der Waals surface area contributed by atoms with E-state index in [9.17, 15) is 0 Å². The third-order valence-corrected chi connectivity index (χ3v) is 1.38. The average Bonchev–Trinajstić information content (AvgIpc) is 1.85. The van der Waals surface area contributed by atoms with Crippen molar-refractivity contribution in [2.45, 2.75) is 13.8 Å². The fourth-order valence-corrected chi connectivity index (χ4v) is 1.03. The van der Waals surface area contributed by atoms with Crippen LogP contribution < -0.4 is 10.5 Å². The summed E-state index contributed by atoms with van der Waals surface area (Å²) in [4.78, 5) is 0. The predicted molar refractivity (Wildman–Crippen MR) is 46.8 cm³/mol. The molecule has 1 aromatic carbocycles. The first-order valence-corrected chi connectivity index (χ1v) is 3.72. The summed E-state index contributed by atoms with van der Waals surface area (Å²) in [6, 6.07) is 5.72. The number of nitrogen functional groups attached to an aromatic ring is 1. The molecule has 0 atom stereocenters. The summed E-state index contributed by atoms with van der Waals surface area (Å²) in [5.74, 6) is 0.852. The SMILES string of the molecule is CCOc1cc(C)cc(N)c1. The van der Waals surface area contributed by atoms with Crippen LogP contribution in [0.15, 0.2) is 18.2 Å². The van der Waals surface area contributed by atoms with E-state index in [2.05, 4.69) is 0 Å². The zero-order valence-electron chi connectivity index (χ0n) is 6.92. The highest BCUT2D eigenvalue weighted by Gasteiger charge is 1.94. The number of aryl methyl sites for hydroxylation is 1. The van der Waals surface area contributed by atoms with Gasteiger partial charge in [-0.25, -0.2) is 0 Å². The summed E-state index contributed by atoms with van der Waals surface area (Å²) >= 11 is 0. The van der Waals surface area contributed by atoms with Crippen LogP contribution in [0, 0.1) is 6.92 Å². The Morgan fingerprint density at radius 3 is 2.64 bits per heavy atom. The molecule has 0 amide bonds. The Bertz CT molecular complexity index is 225. The topological polar surface area (TPSA) is 35.2 Å². The highest BCUT2D eigenvalue weighted by atomic mass is 16.5. The second-order valence-electron chi connectivity index (χ2n) is 2.51. The number of anilines is 1.